The summed E-state index contributed by atoms with van der Waals surface area (Å²) in [5.74, 6) is 0.668. The Balaban J connectivity index is 1.80. The maximum absolute atomic E-state index is 11.4. The van der Waals surface area contributed by atoms with Gasteiger partial charge in [-0.1, -0.05) is 12.1 Å². The number of ether oxygens (including phenoxy) is 1. The van der Waals surface area contributed by atoms with Crippen molar-refractivity contribution in [1.29, 1.82) is 0 Å². The summed E-state index contributed by atoms with van der Waals surface area (Å²) in [4.78, 5) is 15.2. The van der Waals surface area contributed by atoms with Crippen molar-refractivity contribution in [1.82, 2.24) is 5.32 Å². The van der Waals surface area contributed by atoms with E-state index in [9.17, 15) is 4.79 Å². The molecule has 0 unspecified atom stereocenters. The van der Waals surface area contributed by atoms with Crippen LogP contribution in [0.25, 0.3) is 0 Å². The topological polar surface area (TPSA) is 52.8 Å². The van der Waals surface area contributed by atoms with Crippen molar-refractivity contribution >= 4 is 17.6 Å². The van der Waals surface area contributed by atoms with Gasteiger partial charge in [0.25, 0.3) is 5.91 Å². The highest BCUT2D eigenvalue weighted by molar-refractivity contribution is 5.97. The Morgan fingerprint density at radius 3 is 2.93 bits per heavy atom. The molecule has 1 aromatic rings. The molecule has 75 valence electrons. The first kappa shape index (κ1) is 8.47. The molecule has 2 aliphatic rings. The van der Waals surface area contributed by atoms with Gasteiger partial charge in [0.15, 0.2) is 5.75 Å². The van der Waals surface area contributed by atoms with Crippen LogP contribution >= 0.6 is 0 Å². The van der Waals surface area contributed by atoms with Crippen molar-refractivity contribution < 1.29 is 9.53 Å². The fourth-order valence-electron chi connectivity index (χ4n) is 1.42. The van der Waals surface area contributed by atoms with Gasteiger partial charge in [-0.2, -0.15) is 10.3 Å². The Kier molecular flexibility index (Phi) is 1.74. The molecule has 0 bridgehead atoms. The van der Waals surface area contributed by atoms with Crippen LogP contribution in [-0.4, -0.2) is 11.9 Å². The minimum Gasteiger partial charge on any atom is -0.422 e. The number of hydrogen-bond donors (Lipinski definition) is 0. The average molecular weight is 201 g/mol. The molecular weight excluding hydrogens is 192 g/mol. The number of para-hydroxylation sites is 2. The van der Waals surface area contributed by atoms with Crippen LogP contribution in [0.2, 0.25) is 0 Å². The second kappa shape index (κ2) is 3.08. The molecule has 1 saturated carbocycles. The van der Waals surface area contributed by atoms with E-state index >= 15 is 0 Å². The van der Waals surface area contributed by atoms with Gasteiger partial charge in [0.05, 0.1) is 0 Å². The summed E-state index contributed by atoms with van der Waals surface area (Å²) in [5.41, 5.74) is 0.736. The van der Waals surface area contributed by atoms with Gasteiger partial charge in [-0.05, 0) is 25.0 Å². The zero-order valence-electron chi connectivity index (χ0n) is 8.01. The number of amidine groups is 1. The molecule has 0 spiro atoms. The molecule has 3 rings (SSSR count). The lowest BCUT2D eigenvalue weighted by molar-refractivity contribution is -0.119. The molecule has 0 saturated heterocycles. The molecule has 1 amide bonds. The third kappa shape index (κ3) is 1.58. The fraction of sp³-hybridized carbons (Fsp3) is 0.273. The van der Waals surface area contributed by atoms with Crippen molar-refractivity contribution in [3.63, 3.8) is 0 Å². The van der Waals surface area contributed by atoms with Gasteiger partial charge in [-0.25, -0.2) is 0 Å². The van der Waals surface area contributed by atoms with Crippen LogP contribution in [-0.2, 0) is 4.79 Å². The van der Waals surface area contributed by atoms with Gasteiger partial charge >= 0.3 is 6.02 Å². The molecule has 0 aromatic heterocycles. The third-order valence-electron chi connectivity index (χ3n) is 2.42. The monoisotopic (exact) mass is 201 g/mol. The standard InChI is InChI=1S/C11H9N2O2/c14-10(7-5-6-7)13-11-12-8-3-1-2-4-9(8)15-11/h1-4,7H,5-6H2/b13-11-. The van der Waals surface area contributed by atoms with E-state index in [-0.39, 0.29) is 17.8 Å². The van der Waals surface area contributed by atoms with Crippen LogP contribution in [0.15, 0.2) is 29.3 Å². The normalized spacial score (nSPS) is 20.7. The fourth-order valence-corrected chi connectivity index (χ4v) is 1.42. The Hall–Kier alpha value is -1.84. The lowest BCUT2D eigenvalue weighted by Gasteiger charge is -1.93. The maximum Gasteiger partial charge on any atom is 0.325 e. The average Bonchev–Trinajstić information content (AvgIpc) is 2.99. The van der Waals surface area contributed by atoms with E-state index in [4.69, 9.17) is 4.74 Å². The summed E-state index contributed by atoms with van der Waals surface area (Å²) in [7, 11) is 0. The first-order valence-corrected chi connectivity index (χ1v) is 4.94. The molecule has 1 aliphatic heterocycles. The summed E-state index contributed by atoms with van der Waals surface area (Å²) < 4.78 is 5.32. The predicted molar refractivity (Wildman–Crippen MR) is 54.0 cm³/mol. The molecule has 1 aromatic carbocycles. The van der Waals surface area contributed by atoms with Gasteiger partial charge in [-0.3, -0.25) is 4.79 Å². The van der Waals surface area contributed by atoms with Crippen molar-refractivity contribution in [2.45, 2.75) is 12.8 Å². The van der Waals surface area contributed by atoms with Gasteiger partial charge in [0.1, 0.15) is 5.69 Å². The highest BCUT2D eigenvalue weighted by Gasteiger charge is 2.31. The largest absolute Gasteiger partial charge is 0.422 e. The summed E-state index contributed by atoms with van der Waals surface area (Å²) in [6.45, 7) is 0. The number of hydrogen-bond acceptors (Lipinski definition) is 2. The highest BCUT2D eigenvalue weighted by atomic mass is 16.5. The number of benzene rings is 1. The first-order valence-electron chi connectivity index (χ1n) is 4.94. The Labute approximate surface area is 87.0 Å². The Morgan fingerprint density at radius 2 is 2.20 bits per heavy atom. The van der Waals surface area contributed by atoms with Crippen molar-refractivity contribution in [2.24, 2.45) is 10.9 Å². The zero-order chi connectivity index (χ0) is 10.3. The van der Waals surface area contributed by atoms with E-state index in [0.29, 0.717) is 5.75 Å². The highest BCUT2D eigenvalue weighted by Crippen LogP contribution is 2.32. The van der Waals surface area contributed by atoms with Crippen molar-refractivity contribution in [3.8, 4) is 5.75 Å². The van der Waals surface area contributed by atoms with Crippen molar-refractivity contribution in [2.75, 3.05) is 0 Å². The van der Waals surface area contributed by atoms with E-state index in [2.05, 4.69) is 10.3 Å². The lowest BCUT2D eigenvalue weighted by atomic mass is 10.3. The quantitative estimate of drug-likeness (QED) is 0.693. The minimum atomic E-state index is -0.110. The molecule has 1 radical (unpaired) electrons. The molecule has 4 heteroatoms. The summed E-state index contributed by atoms with van der Waals surface area (Å²) in [5, 5.41) is 4.11. The number of carbonyl (C=O) groups excluding carboxylic acids is 1. The van der Waals surface area contributed by atoms with E-state index in [1.54, 1.807) is 0 Å². The van der Waals surface area contributed by atoms with Crippen LogP contribution in [0.3, 0.4) is 0 Å². The van der Waals surface area contributed by atoms with E-state index in [0.717, 1.165) is 18.5 Å². The number of fused-ring (bicyclic) bond motifs is 1. The molecule has 1 heterocycles. The van der Waals surface area contributed by atoms with E-state index < -0.39 is 0 Å². The number of rotatable bonds is 1. The minimum absolute atomic E-state index is 0.110. The lowest BCUT2D eigenvalue weighted by Crippen LogP contribution is -2.14. The summed E-state index contributed by atoms with van der Waals surface area (Å²) in [6.07, 6.45) is 1.89. The SMILES string of the molecule is O=C(/N=C1/[N]c2ccccc2O1)C1CC1. The zero-order valence-corrected chi connectivity index (χ0v) is 8.01. The third-order valence-corrected chi connectivity index (χ3v) is 2.42. The van der Waals surface area contributed by atoms with E-state index in [1.807, 2.05) is 24.3 Å². The number of amides is 1. The Bertz CT molecular complexity index is 423. The maximum atomic E-state index is 11.4. The summed E-state index contributed by atoms with van der Waals surface area (Å²) in [6, 6.07) is 7.55. The van der Waals surface area contributed by atoms with Crippen LogP contribution in [0.5, 0.6) is 5.75 Å². The first-order chi connectivity index (χ1) is 7.33. The second-order valence-electron chi connectivity index (χ2n) is 3.69. The van der Waals surface area contributed by atoms with Crippen LogP contribution < -0.4 is 10.1 Å². The number of nitrogens with zero attached hydrogens (tertiary/aromatic N) is 2. The molecule has 1 fully saturated rings. The number of aliphatic imine (C=N–C) groups is 1. The summed E-state index contributed by atoms with van der Waals surface area (Å²) >= 11 is 0. The molecule has 1 aliphatic carbocycles. The van der Waals surface area contributed by atoms with Crippen LogP contribution in [0, 0.1) is 5.92 Å². The molecule has 15 heavy (non-hydrogen) atoms. The van der Waals surface area contributed by atoms with Gasteiger partial charge < -0.3 is 4.74 Å². The van der Waals surface area contributed by atoms with E-state index in [1.165, 1.54) is 0 Å². The molecule has 0 atom stereocenters. The smallest absolute Gasteiger partial charge is 0.325 e. The Morgan fingerprint density at radius 1 is 1.40 bits per heavy atom. The van der Waals surface area contributed by atoms with Gasteiger partial charge in [-0.15, -0.1) is 0 Å². The molecule has 0 N–H and O–H groups in total. The van der Waals surface area contributed by atoms with Gasteiger partial charge in [0.2, 0.25) is 0 Å². The van der Waals surface area contributed by atoms with Crippen molar-refractivity contribution in [3.05, 3.63) is 24.3 Å². The second-order valence-corrected chi connectivity index (χ2v) is 3.69. The van der Waals surface area contributed by atoms with Crippen LogP contribution in [0.1, 0.15) is 12.8 Å². The van der Waals surface area contributed by atoms with Gasteiger partial charge in [0, 0.05) is 5.92 Å². The van der Waals surface area contributed by atoms with Crippen LogP contribution in [0.4, 0.5) is 5.69 Å². The molecular formula is C11H9N2O2. The number of carbonyl (C=O) groups is 1. The molecule has 4 nitrogen and oxygen atoms in total. The predicted octanol–water partition coefficient (Wildman–Crippen LogP) is 1.61.